The van der Waals surface area contributed by atoms with Gasteiger partial charge in [-0.25, -0.2) is 9.59 Å². The van der Waals surface area contributed by atoms with Crippen LogP contribution in [0.3, 0.4) is 0 Å². The number of amides is 3. The van der Waals surface area contributed by atoms with Crippen molar-refractivity contribution in [1.82, 2.24) is 5.32 Å². The summed E-state index contributed by atoms with van der Waals surface area (Å²) in [6, 6.07) is 3.94. The SMILES string of the molecule is CSCC[C@H](NC(N)=O)C(=O)O[C@@H](C)C(=O)Nc1ccc(C)cc1C. The van der Waals surface area contributed by atoms with Crippen molar-refractivity contribution < 1.29 is 19.1 Å². The van der Waals surface area contributed by atoms with Crippen LogP contribution in [0.2, 0.25) is 0 Å². The average molecular weight is 367 g/mol. The minimum atomic E-state index is -1.00. The van der Waals surface area contributed by atoms with Gasteiger partial charge in [-0.15, -0.1) is 0 Å². The number of nitrogens with one attached hydrogen (secondary N) is 2. The van der Waals surface area contributed by atoms with E-state index in [0.717, 1.165) is 11.1 Å². The highest BCUT2D eigenvalue weighted by Gasteiger charge is 2.25. The summed E-state index contributed by atoms with van der Waals surface area (Å²) in [6.07, 6.45) is 1.25. The molecule has 0 aliphatic rings. The van der Waals surface area contributed by atoms with Gasteiger partial charge in [0.25, 0.3) is 5.91 Å². The molecule has 1 rings (SSSR count). The first-order chi connectivity index (χ1) is 11.7. The Balaban J connectivity index is 2.67. The van der Waals surface area contributed by atoms with E-state index in [4.69, 9.17) is 10.5 Å². The normalized spacial score (nSPS) is 12.8. The molecule has 138 valence electrons. The van der Waals surface area contributed by atoms with E-state index in [-0.39, 0.29) is 0 Å². The predicted octanol–water partition coefficient (Wildman–Crippen LogP) is 1.96. The molecule has 0 bridgehead atoms. The number of ether oxygens (including phenoxy) is 1. The third kappa shape index (κ3) is 7.04. The highest BCUT2D eigenvalue weighted by molar-refractivity contribution is 7.98. The van der Waals surface area contributed by atoms with Gasteiger partial charge in [0.1, 0.15) is 6.04 Å². The zero-order valence-corrected chi connectivity index (χ0v) is 15.7. The number of thioether (sulfide) groups is 1. The quantitative estimate of drug-likeness (QED) is 0.608. The molecule has 0 aliphatic heterocycles. The molecule has 3 amide bonds. The molecular weight excluding hydrogens is 342 g/mol. The lowest BCUT2D eigenvalue weighted by Crippen LogP contribution is -2.46. The minimum Gasteiger partial charge on any atom is -0.451 e. The van der Waals surface area contributed by atoms with Crippen molar-refractivity contribution >= 4 is 35.4 Å². The standard InChI is InChI=1S/C17H25N3O4S/c1-10-5-6-13(11(2)9-10)19-15(21)12(3)24-16(22)14(7-8-25-4)20-17(18)23/h5-6,9,12,14H,7-8H2,1-4H3,(H,19,21)(H3,18,20,23)/t12-,14-/m0/s1. The number of nitrogens with two attached hydrogens (primary N) is 1. The maximum absolute atomic E-state index is 12.2. The van der Waals surface area contributed by atoms with E-state index >= 15 is 0 Å². The lowest BCUT2D eigenvalue weighted by molar-refractivity contribution is -0.155. The molecule has 0 radical (unpaired) electrons. The van der Waals surface area contributed by atoms with Crippen LogP contribution in [-0.4, -0.2) is 42.1 Å². The third-order valence-corrected chi connectivity index (χ3v) is 4.16. The fourth-order valence-electron chi connectivity index (χ4n) is 2.15. The fourth-order valence-corrected chi connectivity index (χ4v) is 2.63. The van der Waals surface area contributed by atoms with E-state index in [1.807, 2.05) is 32.2 Å². The van der Waals surface area contributed by atoms with Crippen molar-refractivity contribution in [3.05, 3.63) is 29.3 Å². The van der Waals surface area contributed by atoms with Gasteiger partial charge in [0.15, 0.2) is 6.10 Å². The largest absolute Gasteiger partial charge is 0.451 e. The summed E-state index contributed by atoms with van der Waals surface area (Å²) in [7, 11) is 0. The molecule has 0 aliphatic carbocycles. The minimum absolute atomic E-state index is 0.369. The van der Waals surface area contributed by atoms with Crippen LogP contribution < -0.4 is 16.4 Å². The van der Waals surface area contributed by atoms with Crippen molar-refractivity contribution in [3.63, 3.8) is 0 Å². The summed E-state index contributed by atoms with van der Waals surface area (Å²) in [6.45, 7) is 5.32. The van der Waals surface area contributed by atoms with E-state index in [1.165, 1.54) is 18.7 Å². The van der Waals surface area contributed by atoms with Gasteiger partial charge >= 0.3 is 12.0 Å². The summed E-state index contributed by atoms with van der Waals surface area (Å²) >= 11 is 1.52. The Labute approximate surface area is 152 Å². The molecule has 8 heteroatoms. The number of hydrogen-bond donors (Lipinski definition) is 3. The number of esters is 1. The average Bonchev–Trinajstić information content (AvgIpc) is 2.53. The number of aryl methyl sites for hydroxylation is 2. The van der Waals surface area contributed by atoms with E-state index in [0.29, 0.717) is 17.9 Å². The molecule has 2 atom stereocenters. The number of rotatable bonds is 8. The van der Waals surface area contributed by atoms with E-state index in [9.17, 15) is 14.4 Å². The van der Waals surface area contributed by atoms with Gasteiger partial charge in [-0.1, -0.05) is 17.7 Å². The molecule has 25 heavy (non-hydrogen) atoms. The molecule has 0 unspecified atom stereocenters. The number of urea groups is 1. The Bertz CT molecular complexity index is 636. The molecular formula is C17H25N3O4S. The summed E-state index contributed by atoms with van der Waals surface area (Å²) < 4.78 is 5.18. The summed E-state index contributed by atoms with van der Waals surface area (Å²) in [4.78, 5) is 35.4. The number of hydrogen-bond acceptors (Lipinski definition) is 5. The van der Waals surface area contributed by atoms with Crippen molar-refractivity contribution in [2.24, 2.45) is 5.73 Å². The first kappa shape index (κ1) is 20.8. The van der Waals surface area contributed by atoms with E-state index in [1.54, 1.807) is 6.07 Å². The molecule has 0 heterocycles. The second kappa shape index (κ2) is 9.93. The molecule has 0 saturated carbocycles. The maximum atomic E-state index is 12.2. The van der Waals surface area contributed by atoms with Crippen molar-refractivity contribution in [2.75, 3.05) is 17.3 Å². The highest BCUT2D eigenvalue weighted by atomic mass is 32.2. The van der Waals surface area contributed by atoms with Crippen LogP contribution in [0.15, 0.2) is 18.2 Å². The number of benzene rings is 1. The van der Waals surface area contributed by atoms with Crippen molar-refractivity contribution in [1.29, 1.82) is 0 Å². The van der Waals surface area contributed by atoms with Crippen molar-refractivity contribution in [3.8, 4) is 0 Å². The highest BCUT2D eigenvalue weighted by Crippen LogP contribution is 2.16. The fraction of sp³-hybridized carbons (Fsp3) is 0.471. The van der Waals surface area contributed by atoms with Crippen LogP contribution in [0.25, 0.3) is 0 Å². The van der Waals surface area contributed by atoms with Gasteiger partial charge in [0, 0.05) is 5.69 Å². The van der Waals surface area contributed by atoms with Crippen LogP contribution in [0.1, 0.15) is 24.5 Å². The monoisotopic (exact) mass is 367 g/mol. The number of carbonyl (C=O) groups excluding carboxylic acids is 3. The molecule has 0 saturated heterocycles. The van der Waals surface area contributed by atoms with Crippen molar-refractivity contribution in [2.45, 2.75) is 39.3 Å². The van der Waals surface area contributed by atoms with Crippen LogP contribution in [-0.2, 0) is 14.3 Å². The van der Waals surface area contributed by atoms with Crippen LogP contribution in [0.4, 0.5) is 10.5 Å². The number of carbonyl (C=O) groups is 3. The lowest BCUT2D eigenvalue weighted by Gasteiger charge is -2.19. The van der Waals surface area contributed by atoms with Crippen LogP contribution >= 0.6 is 11.8 Å². The van der Waals surface area contributed by atoms with Gasteiger partial charge in [-0.2, -0.15) is 11.8 Å². The topological polar surface area (TPSA) is 111 Å². The molecule has 1 aromatic carbocycles. The second-order valence-corrected chi connectivity index (χ2v) is 6.71. The van der Waals surface area contributed by atoms with Gasteiger partial charge in [0.2, 0.25) is 0 Å². The van der Waals surface area contributed by atoms with Gasteiger partial charge < -0.3 is 21.1 Å². The smallest absolute Gasteiger partial charge is 0.329 e. The molecule has 1 aromatic rings. The Morgan fingerprint density at radius 1 is 1.28 bits per heavy atom. The van der Waals surface area contributed by atoms with Gasteiger partial charge in [-0.3, -0.25) is 4.79 Å². The summed E-state index contributed by atoms with van der Waals surface area (Å²) in [5, 5.41) is 5.08. The second-order valence-electron chi connectivity index (χ2n) is 5.73. The first-order valence-electron chi connectivity index (χ1n) is 7.88. The predicted molar refractivity (Wildman–Crippen MR) is 99.6 cm³/mol. The van der Waals surface area contributed by atoms with Crippen LogP contribution in [0.5, 0.6) is 0 Å². The lowest BCUT2D eigenvalue weighted by atomic mass is 10.1. The molecule has 0 spiro atoms. The molecule has 0 aromatic heterocycles. The van der Waals surface area contributed by atoms with Gasteiger partial charge in [-0.05, 0) is 50.8 Å². The van der Waals surface area contributed by atoms with E-state index < -0.39 is 30.1 Å². The van der Waals surface area contributed by atoms with E-state index in [2.05, 4.69) is 10.6 Å². The summed E-state index contributed by atoms with van der Waals surface area (Å²) in [5.41, 5.74) is 7.74. The maximum Gasteiger partial charge on any atom is 0.329 e. The Hall–Kier alpha value is -2.22. The van der Waals surface area contributed by atoms with Crippen LogP contribution in [0, 0.1) is 13.8 Å². The molecule has 7 nitrogen and oxygen atoms in total. The Morgan fingerprint density at radius 2 is 1.96 bits per heavy atom. The Morgan fingerprint density at radius 3 is 2.52 bits per heavy atom. The summed E-state index contributed by atoms with van der Waals surface area (Å²) in [5.74, 6) is -0.484. The first-order valence-corrected chi connectivity index (χ1v) is 9.27. The molecule has 4 N–H and O–H groups in total. The zero-order valence-electron chi connectivity index (χ0n) is 14.9. The van der Waals surface area contributed by atoms with Gasteiger partial charge in [0.05, 0.1) is 0 Å². The zero-order chi connectivity index (χ0) is 19.0. The Kier molecular flexibility index (Phi) is 8.27. The number of primary amides is 1. The molecule has 0 fully saturated rings. The third-order valence-electron chi connectivity index (χ3n) is 3.51. The number of anilines is 1.